The Labute approximate surface area is 221 Å². The second kappa shape index (κ2) is 10.7. The van der Waals surface area contributed by atoms with Crippen molar-refractivity contribution in [3.63, 3.8) is 0 Å². The van der Waals surface area contributed by atoms with Gasteiger partial charge < -0.3 is 15.2 Å². The molecular weight excluding hydrogens is 509 g/mol. The molecule has 0 fully saturated rings. The zero-order valence-corrected chi connectivity index (χ0v) is 20.9. The standard InChI is InChI=1S/C27H21ClFN7O2/c1-35-16-30-14-19(35)15-32-27(38)23-13-24(36(34-23)18-6-3-2-4-7-18)33-26(37)20-12-17(9-10-21(20)28)25-22(29)8-5-11-31-25/h2-14,16H,15H2,1H3,(H,32,38)(H,33,37). The number of hydrogen-bond acceptors (Lipinski definition) is 5. The van der Waals surface area contributed by atoms with Gasteiger partial charge in [0.1, 0.15) is 17.3 Å². The number of benzene rings is 2. The van der Waals surface area contributed by atoms with Crippen LogP contribution >= 0.6 is 11.6 Å². The van der Waals surface area contributed by atoms with Crippen LogP contribution in [0.15, 0.2) is 85.5 Å². The second-order valence-corrected chi connectivity index (χ2v) is 8.73. The van der Waals surface area contributed by atoms with Gasteiger partial charge in [-0.1, -0.05) is 35.9 Å². The SMILES string of the molecule is Cn1cncc1CNC(=O)c1cc(NC(=O)c2cc(-c3ncccc3F)ccc2Cl)n(-c2ccccc2)n1. The largest absolute Gasteiger partial charge is 0.345 e. The lowest BCUT2D eigenvalue weighted by Crippen LogP contribution is -2.24. The van der Waals surface area contributed by atoms with Crippen LogP contribution in [0, 0.1) is 5.82 Å². The summed E-state index contributed by atoms with van der Waals surface area (Å²) in [5.74, 6) is -1.27. The van der Waals surface area contributed by atoms with E-state index in [0.717, 1.165) is 5.69 Å². The van der Waals surface area contributed by atoms with E-state index in [1.54, 1.807) is 35.3 Å². The van der Waals surface area contributed by atoms with Gasteiger partial charge in [-0.05, 0) is 36.4 Å². The molecule has 190 valence electrons. The van der Waals surface area contributed by atoms with Gasteiger partial charge in [-0.2, -0.15) is 5.10 Å². The summed E-state index contributed by atoms with van der Waals surface area (Å²) in [6, 6.07) is 17.8. The van der Waals surface area contributed by atoms with Gasteiger partial charge in [-0.3, -0.25) is 14.6 Å². The molecule has 0 saturated heterocycles. The van der Waals surface area contributed by atoms with Crippen LogP contribution in [0.1, 0.15) is 26.5 Å². The molecule has 0 bridgehead atoms. The van der Waals surface area contributed by atoms with E-state index in [9.17, 15) is 14.0 Å². The van der Waals surface area contributed by atoms with Crippen molar-refractivity contribution in [2.24, 2.45) is 7.05 Å². The number of carbonyl (C=O) groups is 2. The number of pyridine rings is 1. The van der Waals surface area contributed by atoms with E-state index in [4.69, 9.17) is 11.6 Å². The van der Waals surface area contributed by atoms with E-state index in [1.807, 2.05) is 25.2 Å². The van der Waals surface area contributed by atoms with E-state index in [-0.39, 0.29) is 34.3 Å². The maximum Gasteiger partial charge on any atom is 0.272 e. The van der Waals surface area contributed by atoms with Crippen molar-refractivity contribution < 1.29 is 14.0 Å². The Morgan fingerprint density at radius 1 is 1.03 bits per heavy atom. The highest BCUT2D eigenvalue weighted by molar-refractivity contribution is 6.34. The monoisotopic (exact) mass is 529 g/mol. The Bertz CT molecular complexity index is 1630. The summed E-state index contributed by atoms with van der Waals surface area (Å²) in [6.45, 7) is 0.252. The first-order valence-electron chi connectivity index (χ1n) is 11.5. The van der Waals surface area contributed by atoms with Gasteiger partial charge in [-0.15, -0.1) is 0 Å². The van der Waals surface area contributed by atoms with Gasteiger partial charge in [0, 0.05) is 31.1 Å². The quantitative estimate of drug-likeness (QED) is 0.319. The number of rotatable bonds is 7. The van der Waals surface area contributed by atoms with Crippen LogP contribution < -0.4 is 10.6 Å². The lowest BCUT2D eigenvalue weighted by atomic mass is 10.1. The summed E-state index contributed by atoms with van der Waals surface area (Å²) in [5, 5.41) is 10.2. The molecule has 38 heavy (non-hydrogen) atoms. The lowest BCUT2D eigenvalue weighted by molar-refractivity contribution is 0.0944. The first kappa shape index (κ1) is 24.8. The number of halogens is 2. The molecule has 11 heteroatoms. The minimum absolute atomic E-state index is 0.0972. The Hall–Kier alpha value is -4.83. The molecule has 0 aliphatic carbocycles. The topological polar surface area (TPSA) is 107 Å². The van der Waals surface area contributed by atoms with E-state index in [1.165, 1.54) is 41.2 Å². The van der Waals surface area contributed by atoms with Crippen molar-refractivity contribution >= 4 is 29.2 Å². The molecule has 5 rings (SSSR count). The molecule has 5 aromatic rings. The van der Waals surface area contributed by atoms with E-state index in [2.05, 4.69) is 25.7 Å². The number of hydrogen-bond donors (Lipinski definition) is 2. The Balaban J connectivity index is 1.44. The summed E-state index contributed by atoms with van der Waals surface area (Å²) in [4.78, 5) is 34.3. The number of nitrogens with zero attached hydrogens (tertiary/aromatic N) is 5. The third-order valence-electron chi connectivity index (χ3n) is 5.77. The zero-order valence-electron chi connectivity index (χ0n) is 20.1. The molecule has 3 heterocycles. The number of anilines is 1. The van der Waals surface area contributed by atoms with E-state index >= 15 is 0 Å². The number of carbonyl (C=O) groups excluding carboxylic acids is 2. The molecule has 2 amide bonds. The second-order valence-electron chi connectivity index (χ2n) is 8.32. The third kappa shape index (κ3) is 5.16. The predicted octanol–water partition coefficient (Wildman–Crippen LogP) is 4.64. The molecular formula is C27H21ClFN7O2. The van der Waals surface area contributed by atoms with Crippen LogP contribution in [-0.4, -0.2) is 36.1 Å². The van der Waals surface area contributed by atoms with Crippen molar-refractivity contribution in [3.05, 3.63) is 113 Å². The number of nitrogens with one attached hydrogen (secondary N) is 2. The number of aromatic nitrogens is 5. The molecule has 0 radical (unpaired) electrons. The predicted molar refractivity (Wildman–Crippen MR) is 141 cm³/mol. The Morgan fingerprint density at radius 2 is 1.84 bits per heavy atom. The van der Waals surface area contributed by atoms with E-state index < -0.39 is 17.6 Å². The molecule has 0 atom stereocenters. The number of para-hydroxylation sites is 1. The molecule has 0 aliphatic heterocycles. The molecule has 2 N–H and O–H groups in total. The fourth-order valence-electron chi connectivity index (χ4n) is 3.79. The molecule has 0 saturated carbocycles. The number of imidazole rings is 1. The average Bonchev–Trinajstić information content (AvgIpc) is 3.54. The Kier molecular flexibility index (Phi) is 6.96. The molecule has 0 spiro atoms. The van der Waals surface area contributed by atoms with Crippen molar-refractivity contribution in [3.8, 4) is 16.9 Å². The summed E-state index contributed by atoms with van der Waals surface area (Å²) in [5.41, 5.74) is 2.14. The maximum atomic E-state index is 14.3. The summed E-state index contributed by atoms with van der Waals surface area (Å²) in [6.07, 6.45) is 4.76. The summed E-state index contributed by atoms with van der Waals surface area (Å²) >= 11 is 6.33. The fraction of sp³-hybridized carbons (Fsp3) is 0.0741. The van der Waals surface area contributed by atoms with Crippen LogP contribution in [0.4, 0.5) is 10.2 Å². The molecule has 3 aromatic heterocycles. The van der Waals surface area contributed by atoms with Gasteiger partial charge in [-0.25, -0.2) is 14.1 Å². The smallest absolute Gasteiger partial charge is 0.272 e. The first-order valence-corrected chi connectivity index (χ1v) is 11.9. The van der Waals surface area contributed by atoms with Gasteiger partial charge in [0.2, 0.25) is 0 Å². The Morgan fingerprint density at radius 3 is 2.58 bits per heavy atom. The average molecular weight is 530 g/mol. The van der Waals surface area contributed by atoms with Gasteiger partial charge in [0.25, 0.3) is 11.8 Å². The van der Waals surface area contributed by atoms with E-state index in [0.29, 0.717) is 11.3 Å². The van der Waals surface area contributed by atoms with Gasteiger partial charge in [0.15, 0.2) is 5.69 Å². The number of amides is 2. The fourth-order valence-corrected chi connectivity index (χ4v) is 4.00. The highest BCUT2D eigenvalue weighted by Crippen LogP contribution is 2.27. The summed E-state index contributed by atoms with van der Waals surface area (Å²) in [7, 11) is 1.83. The maximum absolute atomic E-state index is 14.3. The number of aryl methyl sites for hydroxylation is 1. The minimum Gasteiger partial charge on any atom is -0.345 e. The van der Waals surface area contributed by atoms with Crippen LogP contribution in [0.5, 0.6) is 0 Å². The van der Waals surface area contributed by atoms with Crippen molar-refractivity contribution in [1.29, 1.82) is 0 Å². The van der Waals surface area contributed by atoms with Crippen LogP contribution in [-0.2, 0) is 13.6 Å². The third-order valence-corrected chi connectivity index (χ3v) is 6.10. The summed E-state index contributed by atoms with van der Waals surface area (Å²) < 4.78 is 17.5. The minimum atomic E-state index is -0.563. The van der Waals surface area contributed by atoms with Crippen molar-refractivity contribution in [2.45, 2.75) is 6.54 Å². The van der Waals surface area contributed by atoms with Crippen molar-refractivity contribution in [1.82, 2.24) is 29.6 Å². The lowest BCUT2D eigenvalue weighted by Gasteiger charge is -2.11. The van der Waals surface area contributed by atoms with Crippen LogP contribution in [0.25, 0.3) is 16.9 Å². The first-order chi connectivity index (χ1) is 18.4. The molecule has 9 nitrogen and oxygen atoms in total. The highest BCUT2D eigenvalue weighted by Gasteiger charge is 2.20. The van der Waals surface area contributed by atoms with Crippen LogP contribution in [0.2, 0.25) is 5.02 Å². The molecule has 2 aromatic carbocycles. The van der Waals surface area contributed by atoms with Gasteiger partial charge >= 0.3 is 0 Å². The highest BCUT2D eigenvalue weighted by atomic mass is 35.5. The van der Waals surface area contributed by atoms with Crippen LogP contribution in [0.3, 0.4) is 0 Å². The van der Waals surface area contributed by atoms with Crippen molar-refractivity contribution in [2.75, 3.05) is 5.32 Å². The normalized spacial score (nSPS) is 10.8. The zero-order chi connectivity index (χ0) is 26.6. The van der Waals surface area contributed by atoms with Gasteiger partial charge in [0.05, 0.1) is 34.8 Å². The molecule has 0 aliphatic rings. The molecule has 0 unspecified atom stereocenters.